The van der Waals surface area contributed by atoms with E-state index in [0.29, 0.717) is 11.5 Å². The van der Waals surface area contributed by atoms with Crippen molar-refractivity contribution in [2.75, 3.05) is 0 Å². The van der Waals surface area contributed by atoms with Gasteiger partial charge in [0.15, 0.2) is 0 Å². The standard InChI is InChI=1S/2C6H10O.Ru/c2*1-5(2)4-6(3)7;/h2*4,7H,1H2,2-3H3;. The van der Waals surface area contributed by atoms with Gasteiger partial charge in [0.25, 0.3) is 0 Å². The van der Waals surface area contributed by atoms with Gasteiger partial charge in [-0.15, -0.1) is 0 Å². The van der Waals surface area contributed by atoms with E-state index in [-0.39, 0.29) is 19.5 Å². The van der Waals surface area contributed by atoms with Crippen molar-refractivity contribution in [2.45, 2.75) is 27.7 Å². The molecule has 0 radical (unpaired) electrons. The molecule has 0 saturated heterocycles. The van der Waals surface area contributed by atoms with Crippen molar-refractivity contribution in [2.24, 2.45) is 0 Å². The molecule has 0 aromatic rings. The third-order valence-electron chi connectivity index (χ3n) is 0.911. The third kappa shape index (κ3) is 32.0. The van der Waals surface area contributed by atoms with Crippen LogP contribution in [-0.4, -0.2) is 10.2 Å². The maximum atomic E-state index is 8.52. The number of rotatable bonds is 2. The van der Waals surface area contributed by atoms with Gasteiger partial charge in [-0.05, 0) is 39.8 Å². The molecule has 0 fully saturated rings. The average Bonchev–Trinajstić information content (AvgIpc) is 1.79. The number of aliphatic hydroxyl groups is 2. The Morgan fingerprint density at radius 3 is 1.00 bits per heavy atom. The van der Waals surface area contributed by atoms with Gasteiger partial charge in [0.1, 0.15) is 0 Å². The molecule has 88 valence electrons. The molecule has 0 saturated carbocycles. The Balaban J connectivity index is -0.000000180. The second kappa shape index (κ2) is 11.3. The van der Waals surface area contributed by atoms with E-state index in [1.165, 1.54) is 0 Å². The van der Waals surface area contributed by atoms with Crippen molar-refractivity contribution in [1.29, 1.82) is 0 Å². The molecular weight excluding hydrogens is 277 g/mol. The van der Waals surface area contributed by atoms with Crippen LogP contribution < -0.4 is 0 Å². The monoisotopic (exact) mass is 298 g/mol. The Labute approximate surface area is 105 Å². The molecule has 0 aliphatic heterocycles. The Morgan fingerprint density at radius 1 is 0.800 bits per heavy atom. The first-order valence-corrected chi connectivity index (χ1v) is 4.31. The predicted octanol–water partition coefficient (Wildman–Crippen LogP) is 4.05. The van der Waals surface area contributed by atoms with Crippen LogP contribution in [0.5, 0.6) is 0 Å². The fraction of sp³-hybridized carbons (Fsp3) is 0.333. The predicted molar refractivity (Wildman–Crippen MR) is 62.4 cm³/mol. The molecule has 0 bridgehead atoms. The first-order valence-electron chi connectivity index (χ1n) is 4.31. The molecule has 3 heteroatoms. The van der Waals surface area contributed by atoms with Crippen molar-refractivity contribution < 1.29 is 29.7 Å². The zero-order valence-electron chi connectivity index (χ0n) is 9.82. The van der Waals surface area contributed by atoms with Crippen molar-refractivity contribution >= 4 is 0 Å². The smallest absolute Gasteiger partial charge is 0.0894 e. The normalized spacial score (nSPS) is 10.7. The quantitative estimate of drug-likeness (QED) is 0.459. The van der Waals surface area contributed by atoms with E-state index < -0.39 is 0 Å². The first kappa shape index (κ1) is 19.7. The molecule has 0 atom stereocenters. The van der Waals surface area contributed by atoms with Crippen molar-refractivity contribution in [3.63, 3.8) is 0 Å². The molecule has 0 spiro atoms. The van der Waals surface area contributed by atoms with E-state index in [1.807, 2.05) is 13.8 Å². The summed E-state index contributed by atoms with van der Waals surface area (Å²) in [5.74, 6) is 0.625. The van der Waals surface area contributed by atoms with Crippen molar-refractivity contribution in [3.8, 4) is 0 Å². The second-order valence-electron chi connectivity index (χ2n) is 3.26. The van der Waals surface area contributed by atoms with Gasteiger partial charge >= 0.3 is 0 Å². The van der Waals surface area contributed by atoms with Crippen molar-refractivity contribution in [1.82, 2.24) is 0 Å². The summed E-state index contributed by atoms with van der Waals surface area (Å²) in [6.45, 7) is 14.0. The summed E-state index contributed by atoms with van der Waals surface area (Å²) in [5.41, 5.74) is 1.75. The maximum absolute atomic E-state index is 8.52. The molecule has 15 heavy (non-hydrogen) atoms. The zero-order valence-corrected chi connectivity index (χ0v) is 11.6. The van der Waals surface area contributed by atoms with E-state index >= 15 is 0 Å². The minimum absolute atomic E-state index is 0. The SMILES string of the molecule is C=C(C)C=C(C)O.C=C(C)C=C(C)O.[Ru]. The molecule has 0 aliphatic carbocycles. The average molecular weight is 297 g/mol. The summed E-state index contributed by atoms with van der Waals surface area (Å²) in [4.78, 5) is 0. The van der Waals surface area contributed by atoms with Gasteiger partial charge in [-0.2, -0.15) is 0 Å². The maximum Gasteiger partial charge on any atom is 0.0894 e. The fourth-order valence-corrected chi connectivity index (χ4v) is 0.713. The van der Waals surface area contributed by atoms with Gasteiger partial charge in [0.2, 0.25) is 0 Å². The van der Waals surface area contributed by atoms with Gasteiger partial charge in [-0.3, -0.25) is 0 Å². The fourth-order valence-electron chi connectivity index (χ4n) is 0.713. The largest absolute Gasteiger partial charge is 0.513 e. The van der Waals surface area contributed by atoms with Crippen LogP contribution in [0, 0.1) is 0 Å². The molecular formula is C12H20O2Ru. The molecule has 0 heterocycles. The summed E-state index contributed by atoms with van der Waals surface area (Å²) in [7, 11) is 0. The second-order valence-corrected chi connectivity index (χ2v) is 3.26. The molecule has 0 rings (SSSR count). The molecule has 2 nitrogen and oxygen atoms in total. The Morgan fingerprint density at radius 2 is 1.00 bits per heavy atom. The van der Waals surface area contributed by atoms with Crippen LogP contribution >= 0.6 is 0 Å². The van der Waals surface area contributed by atoms with Crippen LogP contribution in [0.1, 0.15) is 27.7 Å². The number of aliphatic hydroxyl groups excluding tert-OH is 2. The molecule has 2 N–H and O–H groups in total. The molecule has 0 aromatic heterocycles. The Kier molecular flexibility index (Phi) is 14.8. The molecule has 0 amide bonds. The topological polar surface area (TPSA) is 40.5 Å². The Bertz CT molecular complexity index is 227. The molecule has 0 aliphatic rings. The molecule has 0 aromatic carbocycles. The summed E-state index contributed by atoms with van der Waals surface area (Å²) >= 11 is 0. The molecule has 0 unspecified atom stereocenters. The van der Waals surface area contributed by atoms with E-state index in [0.717, 1.165) is 11.1 Å². The van der Waals surface area contributed by atoms with Crippen LogP contribution in [0.15, 0.2) is 48.0 Å². The zero-order chi connectivity index (χ0) is 11.7. The van der Waals surface area contributed by atoms with Crippen LogP contribution in [0.2, 0.25) is 0 Å². The van der Waals surface area contributed by atoms with Gasteiger partial charge in [0.05, 0.1) is 11.5 Å². The van der Waals surface area contributed by atoms with E-state index in [9.17, 15) is 0 Å². The van der Waals surface area contributed by atoms with Crippen molar-refractivity contribution in [3.05, 3.63) is 48.0 Å². The third-order valence-corrected chi connectivity index (χ3v) is 0.911. The summed E-state index contributed by atoms with van der Waals surface area (Å²) in [6, 6.07) is 0. The van der Waals surface area contributed by atoms with Crippen LogP contribution in [0.3, 0.4) is 0 Å². The van der Waals surface area contributed by atoms with Gasteiger partial charge in [0, 0.05) is 19.5 Å². The van der Waals surface area contributed by atoms with Gasteiger partial charge in [-0.25, -0.2) is 0 Å². The minimum Gasteiger partial charge on any atom is -0.513 e. The van der Waals surface area contributed by atoms with E-state index in [2.05, 4.69) is 13.2 Å². The number of allylic oxidation sites excluding steroid dienone is 6. The van der Waals surface area contributed by atoms with Crippen LogP contribution in [0.25, 0.3) is 0 Å². The summed E-state index contributed by atoms with van der Waals surface area (Å²) < 4.78 is 0. The number of hydrogen-bond acceptors (Lipinski definition) is 2. The number of hydrogen-bond donors (Lipinski definition) is 2. The van der Waals surface area contributed by atoms with Gasteiger partial charge in [-0.1, -0.05) is 24.3 Å². The summed E-state index contributed by atoms with van der Waals surface area (Å²) in [5, 5.41) is 17.0. The van der Waals surface area contributed by atoms with Gasteiger partial charge < -0.3 is 10.2 Å². The summed E-state index contributed by atoms with van der Waals surface area (Å²) in [6.07, 6.45) is 3.22. The minimum atomic E-state index is 0. The van der Waals surface area contributed by atoms with Crippen LogP contribution in [0.4, 0.5) is 0 Å². The van der Waals surface area contributed by atoms with E-state index in [4.69, 9.17) is 10.2 Å². The van der Waals surface area contributed by atoms with E-state index in [1.54, 1.807) is 26.0 Å². The Hall–Kier alpha value is -0.817. The first-order chi connectivity index (χ1) is 6.25. The van der Waals surface area contributed by atoms with Crippen LogP contribution in [-0.2, 0) is 19.5 Å².